The summed E-state index contributed by atoms with van der Waals surface area (Å²) in [6.07, 6.45) is 1.05. The maximum atomic E-state index is 12.7. The standard InChI is InChI=1S/C22H24N2O3/c1-14-6-5-7-15(2)21(14)23-22(26)20-13-18(25)12-19(27-20)16-8-10-17(11-9-16)24(3)4/h5-11,13,19H,12H2,1-4H3,(H,23,26)/t19-/m1/s1. The maximum Gasteiger partial charge on any atom is 0.290 e. The number of hydrogen-bond donors (Lipinski definition) is 1. The zero-order chi connectivity index (χ0) is 19.6. The van der Waals surface area contributed by atoms with Crippen LogP contribution >= 0.6 is 0 Å². The van der Waals surface area contributed by atoms with Gasteiger partial charge in [0.15, 0.2) is 11.5 Å². The molecule has 2 aromatic carbocycles. The first kappa shape index (κ1) is 18.7. The summed E-state index contributed by atoms with van der Waals surface area (Å²) in [4.78, 5) is 26.9. The molecule has 0 fully saturated rings. The van der Waals surface area contributed by atoms with Crippen LogP contribution in [0.2, 0.25) is 0 Å². The Labute approximate surface area is 159 Å². The minimum absolute atomic E-state index is 0.0515. The summed E-state index contributed by atoms with van der Waals surface area (Å²) in [5, 5.41) is 2.87. The molecule has 0 saturated carbocycles. The van der Waals surface area contributed by atoms with Crippen molar-refractivity contribution in [3.63, 3.8) is 0 Å². The smallest absolute Gasteiger partial charge is 0.290 e. The van der Waals surface area contributed by atoms with Gasteiger partial charge in [0.05, 0.1) is 6.42 Å². The molecule has 27 heavy (non-hydrogen) atoms. The summed E-state index contributed by atoms with van der Waals surface area (Å²) < 4.78 is 5.87. The molecular formula is C22H24N2O3. The van der Waals surface area contributed by atoms with Crippen molar-refractivity contribution >= 4 is 23.1 Å². The zero-order valence-corrected chi connectivity index (χ0v) is 16.1. The summed E-state index contributed by atoms with van der Waals surface area (Å²) in [7, 11) is 3.93. The number of para-hydroxylation sites is 1. The highest BCUT2D eigenvalue weighted by Gasteiger charge is 2.27. The summed E-state index contributed by atoms with van der Waals surface area (Å²) in [5.74, 6) is -0.472. The Morgan fingerprint density at radius 2 is 1.70 bits per heavy atom. The molecule has 0 radical (unpaired) electrons. The van der Waals surface area contributed by atoms with E-state index < -0.39 is 12.0 Å². The lowest BCUT2D eigenvalue weighted by molar-refractivity contribution is -0.124. The van der Waals surface area contributed by atoms with Crippen molar-refractivity contribution in [1.82, 2.24) is 0 Å². The Morgan fingerprint density at radius 3 is 2.30 bits per heavy atom. The van der Waals surface area contributed by atoms with Crippen LogP contribution in [0.15, 0.2) is 54.3 Å². The SMILES string of the molecule is Cc1cccc(C)c1NC(=O)C1=CC(=O)C[C@H](c2ccc(N(C)C)cc2)O1. The van der Waals surface area contributed by atoms with Gasteiger partial charge in [-0.15, -0.1) is 0 Å². The van der Waals surface area contributed by atoms with Crippen LogP contribution in [0.3, 0.4) is 0 Å². The summed E-state index contributed by atoms with van der Waals surface area (Å²) in [5.41, 5.74) is 4.60. The average Bonchev–Trinajstić information content (AvgIpc) is 2.64. The number of benzene rings is 2. The van der Waals surface area contributed by atoms with Gasteiger partial charge < -0.3 is 15.0 Å². The molecule has 0 spiro atoms. The summed E-state index contributed by atoms with van der Waals surface area (Å²) in [6, 6.07) is 13.6. The van der Waals surface area contributed by atoms with E-state index in [9.17, 15) is 9.59 Å². The van der Waals surface area contributed by atoms with Crippen LogP contribution in [0.5, 0.6) is 0 Å². The van der Waals surface area contributed by atoms with E-state index in [2.05, 4.69) is 5.32 Å². The fraction of sp³-hybridized carbons (Fsp3) is 0.273. The van der Waals surface area contributed by atoms with Gasteiger partial charge in [-0.05, 0) is 42.7 Å². The van der Waals surface area contributed by atoms with Crippen LogP contribution < -0.4 is 10.2 Å². The van der Waals surface area contributed by atoms with Crippen LogP contribution in [0, 0.1) is 13.8 Å². The zero-order valence-electron chi connectivity index (χ0n) is 16.1. The number of rotatable bonds is 4. The molecule has 1 aliphatic rings. The van der Waals surface area contributed by atoms with E-state index in [0.717, 1.165) is 28.1 Å². The Morgan fingerprint density at radius 1 is 1.07 bits per heavy atom. The topological polar surface area (TPSA) is 58.6 Å². The van der Waals surface area contributed by atoms with Gasteiger partial charge in [0.2, 0.25) is 0 Å². The molecule has 0 unspecified atom stereocenters. The summed E-state index contributed by atoms with van der Waals surface area (Å²) in [6.45, 7) is 3.86. The van der Waals surface area contributed by atoms with E-state index in [1.54, 1.807) is 0 Å². The van der Waals surface area contributed by atoms with Crippen LogP contribution in [0.4, 0.5) is 11.4 Å². The third kappa shape index (κ3) is 4.19. The fourth-order valence-electron chi connectivity index (χ4n) is 3.10. The predicted molar refractivity (Wildman–Crippen MR) is 107 cm³/mol. The van der Waals surface area contributed by atoms with Crippen molar-refractivity contribution in [2.75, 3.05) is 24.3 Å². The van der Waals surface area contributed by atoms with E-state index in [1.807, 2.05) is 75.3 Å². The van der Waals surface area contributed by atoms with E-state index in [-0.39, 0.29) is 18.0 Å². The van der Waals surface area contributed by atoms with Gasteiger partial charge in [-0.1, -0.05) is 30.3 Å². The van der Waals surface area contributed by atoms with Crippen molar-refractivity contribution in [2.45, 2.75) is 26.4 Å². The lowest BCUT2D eigenvalue weighted by Crippen LogP contribution is -2.24. The van der Waals surface area contributed by atoms with Gasteiger partial charge in [0, 0.05) is 31.5 Å². The van der Waals surface area contributed by atoms with E-state index in [1.165, 1.54) is 6.08 Å². The first-order valence-electron chi connectivity index (χ1n) is 8.91. The Balaban J connectivity index is 1.78. The largest absolute Gasteiger partial charge is 0.479 e. The average molecular weight is 364 g/mol. The molecule has 1 aliphatic heterocycles. The third-order valence-electron chi connectivity index (χ3n) is 4.67. The first-order chi connectivity index (χ1) is 12.8. The lowest BCUT2D eigenvalue weighted by atomic mass is 10.0. The number of allylic oxidation sites excluding steroid dienone is 1. The molecule has 3 rings (SSSR count). The quantitative estimate of drug-likeness (QED) is 0.893. The maximum absolute atomic E-state index is 12.7. The van der Waals surface area contributed by atoms with Crippen molar-refractivity contribution in [3.8, 4) is 0 Å². The minimum atomic E-state index is -0.461. The van der Waals surface area contributed by atoms with Gasteiger partial charge in [-0.25, -0.2) is 0 Å². The van der Waals surface area contributed by atoms with Gasteiger partial charge in [-0.2, -0.15) is 0 Å². The molecule has 140 valence electrons. The molecule has 0 aromatic heterocycles. The molecule has 0 bridgehead atoms. The second-order valence-corrected chi connectivity index (χ2v) is 6.99. The van der Waals surface area contributed by atoms with Gasteiger partial charge in [-0.3, -0.25) is 9.59 Å². The van der Waals surface area contributed by atoms with Gasteiger partial charge >= 0.3 is 0 Å². The van der Waals surface area contributed by atoms with E-state index >= 15 is 0 Å². The van der Waals surface area contributed by atoms with Crippen LogP contribution in [-0.2, 0) is 14.3 Å². The molecule has 5 heteroatoms. The molecule has 5 nitrogen and oxygen atoms in total. The number of amides is 1. The molecule has 1 amide bonds. The lowest BCUT2D eigenvalue weighted by Gasteiger charge is -2.24. The first-order valence-corrected chi connectivity index (χ1v) is 8.91. The van der Waals surface area contributed by atoms with Crippen LogP contribution in [-0.4, -0.2) is 25.8 Å². The van der Waals surface area contributed by atoms with Gasteiger partial charge in [0.1, 0.15) is 6.10 Å². The number of aryl methyl sites for hydroxylation is 2. The molecule has 1 heterocycles. The number of nitrogens with zero attached hydrogens (tertiary/aromatic N) is 1. The molecule has 1 atom stereocenters. The van der Waals surface area contributed by atoms with Crippen molar-refractivity contribution in [2.24, 2.45) is 0 Å². The molecular weight excluding hydrogens is 340 g/mol. The monoisotopic (exact) mass is 364 g/mol. The minimum Gasteiger partial charge on any atom is -0.479 e. The number of anilines is 2. The highest BCUT2D eigenvalue weighted by Crippen LogP contribution is 2.30. The van der Waals surface area contributed by atoms with Crippen LogP contribution in [0.1, 0.15) is 29.2 Å². The summed E-state index contributed by atoms with van der Waals surface area (Å²) >= 11 is 0. The molecule has 0 aliphatic carbocycles. The fourth-order valence-corrected chi connectivity index (χ4v) is 3.10. The van der Waals surface area contributed by atoms with Crippen molar-refractivity contribution in [3.05, 3.63) is 71.0 Å². The number of ether oxygens (including phenoxy) is 1. The van der Waals surface area contributed by atoms with E-state index in [4.69, 9.17) is 4.74 Å². The third-order valence-corrected chi connectivity index (χ3v) is 4.67. The second-order valence-electron chi connectivity index (χ2n) is 6.99. The molecule has 2 aromatic rings. The second kappa shape index (κ2) is 7.66. The normalized spacial score (nSPS) is 16.4. The Hall–Kier alpha value is -3.08. The number of carbonyl (C=O) groups is 2. The molecule has 0 saturated heterocycles. The highest BCUT2D eigenvalue weighted by molar-refractivity contribution is 6.08. The van der Waals surface area contributed by atoms with Crippen molar-refractivity contribution in [1.29, 1.82) is 0 Å². The number of carbonyl (C=O) groups excluding carboxylic acids is 2. The van der Waals surface area contributed by atoms with Crippen molar-refractivity contribution < 1.29 is 14.3 Å². The number of nitrogens with one attached hydrogen (secondary N) is 1. The molecule has 1 N–H and O–H groups in total. The Bertz CT molecular complexity index is 878. The van der Waals surface area contributed by atoms with E-state index in [0.29, 0.717) is 0 Å². The number of ketones is 1. The highest BCUT2D eigenvalue weighted by atomic mass is 16.5. The predicted octanol–water partition coefficient (Wildman–Crippen LogP) is 3.92. The Kier molecular flexibility index (Phi) is 5.31. The van der Waals surface area contributed by atoms with Gasteiger partial charge in [0.25, 0.3) is 5.91 Å². The number of hydrogen-bond acceptors (Lipinski definition) is 4. The van der Waals surface area contributed by atoms with Crippen LogP contribution in [0.25, 0.3) is 0 Å².